The van der Waals surface area contributed by atoms with Crippen LogP contribution in [0.15, 0.2) is 0 Å². The van der Waals surface area contributed by atoms with Crippen molar-refractivity contribution in [3.05, 3.63) is 0 Å². The minimum atomic E-state index is -2.95. The molecule has 98 valence electrons. The average molecular weight is 250 g/mol. The molecular formula is C10H16F2N2O3. The number of nitrogens with zero attached hydrogens (tertiary/aromatic N) is 1. The van der Waals surface area contributed by atoms with E-state index in [-0.39, 0.29) is 31.6 Å². The molecule has 1 saturated heterocycles. The van der Waals surface area contributed by atoms with Gasteiger partial charge in [-0.2, -0.15) is 8.78 Å². The van der Waals surface area contributed by atoms with E-state index >= 15 is 0 Å². The number of carbonyl (C=O) groups is 2. The van der Waals surface area contributed by atoms with Gasteiger partial charge in [0, 0.05) is 26.2 Å². The number of hydrogen-bond acceptors (Lipinski definition) is 3. The normalized spacial score (nSPS) is 17.3. The summed E-state index contributed by atoms with van der Waals surface area (Å²) in [5.74, 6) is -1.36. The van der Waals surface area contributed by atoms with Gasteiger partial charge in [0.15, 0.2) is 0 Å². The minimum absolute atomic E-state index is 0.0177. The summed E-state index contributed by atoms with van der Waals surface area (Å²) in [6.07, 6.45) is -1.96. The lowest BCUT2D eigenvalue weighted by atomic mass is 10.1. The fourth-order valence-corrected chi connectivity index (χ4v) is 1.78. The van der Waals surface area contributed by atoms with Crippen LogP contribution in [0.25, 0.3) is 0 Å². The summed E-state index contributed by atoms with van der Waals surface area (Å²) in [7, 11) is 1.42. The SMILES string of the molecule is COCC(=O)NC1CCN(C(=O)C(F)F)CC1. The third kappa shape index (κ3) is 4.26. The highest BCUT2D eigenvalue weighted by Gasteiger charge is 2.28. The van der Waals surface area contributed by atoms with Gasteiger partial charge in [-0.3, -0.25) is 9.59 Å². The van der Waals surface area contributed by atoms with Crippen LogP contribution in [0.2, 0.25) is 0 Å². The molecule has 1 fully saturated rings. The van der Waals surface area contributed by atoms with E-state index in [0.717, 1.165) is 4.90 Å². The molecule has 17 heavy (non-hydrogen) atoms. The predicted octanol–water partition coefficient (Wildman–Crippen LogP) is 0.00510. The number of likely N-dealkylation sites (tertiary alicyclic amines) is 1. The fraction of sp³-hybridized carbons (Fsp3) is 0.800. The number of alkyl halides is 2. The van der Waals surface area contributed by atoms with Gasteiger partial charge in [0.2, 0.25) is 5.91 Å². The Morgan fingerprint density at radius 2 is 2.00 bits per heavy atom. The fourth-order valence-electron chi connectivity index (χ4n) is 1.78. The minimum Gasteiger partial charge on any atom is -0.375 e. The Balaban J connectivity index is 2.31. The first-order chi connectivity index (χ1) is 8.04. The third-order valence-corrected chi connectivity index (χ3v) is 2.63. The lowest BCUT2D eigenvalue weighted by molar-refractivity contribution is -0.144. The summed E-state index contributed by atoms with van der Waals surface area (Å²) in [6.45, 7) is 0.485. The molecule has 0 saturated carbocycles. The monoisotopic (exact) mass is 250 g/mol. The molecule has 1 heterocycles. The highest BCUT2D eigenvalue weighted by atomic mass is 19.3. The standard InChI is InChI=1S/C10H16F2N2O3/c1-17-6-8(15)13-7-2-4-14(5-3-7)10(16)9(11)12/h7,9H,2-6H2,1H3,(H,13,15). The number of carbonyl (C=O) groups excluding carboxylic acids is 2. The predicted molar refractivity (Wildman–Crippen MR) is 55.6 cm³/mol. The first kappa shape index (κ1) is 13.8. The molecule has 0 aromatic heterocycles. The van der Waals surface area contributed by atoms with Crippen LogP contribution in [0.3, 0.4) is 0 Å². The Labute approximate surface area is 98.1 Å². The number of rotatable bonds is 4. The van der Waals surface area contributed by atoms with Crippen LogP contribution in [0.1, 0.15) is 12.8 Å². The van der Waals surface area contributed by atoms with Crippen molar-refractivity contribution in [2.45, 2.75) is 25.3 Å². The van der Waals surface area contributed by atoms with Crippen LogP contribution in [0.4, 0.5) is 8.78 Å². The molecule has 0 aromatic rings. The number of halogens is 2. The second kappa shape index (κ2) is 6.48. The summed E-state index contributed by atoms with van der Waals surface area (Å²) >= 11 is 0. The maximum atomic E-state index is 12.1. The third-order valence-electron chi connectivity index (χ3n) is 2.63. The smallest absolute Gasteiger partial charge is 0.315 e. The zero-order valence-corrected chi connectivity index (χ0v) is 9.62. The molecule has 0 radical (unpaired) electrons. The lowest BCUT2D eigenvalue weighted by Gasteiger charge is -2.32. The van der Waals surface area contributed by atoms with Gasteiger partial charge in [-0.1, -0.05) is 0 Å². The van der Waals surface area contributed by atoms with Crippen molar-refractivity contribution in [2.75, 3.05) is 26.8 Å². The van der Waals surface area contributed by atoms with Gasteiger partial charge in [-0.25, -0.2) is 0 Å². The second-order valence-corrected chi connectivity index (χ2v) is 3.90. The van der Waals surface area contributed by atoms with Crippen molar-refractivity contribution in [3.8, 4) is 0 Å². The van der Waals surface area contributed by atoms with E-state index in [1.165, 1.54) is 7.11 Å². The van der Waals surface area contributed by atoms with Crippen molar-refractivity contribution in [2.24, 2.45) is 0 Å². The van der Waals surface area contributed by atoms with E-state index in [2.05, 4.69) is 10.1 Å². The molecule has 5 nitrogen and oxygen atoms in total. The topological polar surface area (TPSA) is 58.6 Å². The summed E-state index contributed by atoms with van der Waals surface area (Å²) in [5, 5.41) is 2.72. The molecule has 0 bridgehead atoms. The van der Waals surface area contributed by atoms with Gasteiger partial charge < -0.3 is 15.0 Å². The summed E-state index contributed by atoms with van der Waals surface area (Å²) < 4.78 is 28.9. The first-order valence-electron chi connectivity index (χ1n) is 5.40. The van der Waals surface area contributed by atoms with Crippen molar-refractivity contribution < 1.29 is 23.1 Å². The van der Waals surface area contributed by atoms with Crippen LogP contribution < -0.4 is 5.32 Å². The van der Waals surface area contributed by atoms with Crippen molar-refractivity contribution >= 4 is 11.8 Å². The van der Waals surface area contributed by atoms with Gasteiger partial charge in [0.25, 0.3) is 5.91 Å². The first-order valence-corrected chi connectivity index (χ1v) is 5.40. The zero-order valence-electron chi connectivity index (χ0n) is 9.62. The van der Waals surface area contributed by atoms with Crippen LogP contribution >= 0.6 is 0 Å². The molecule has 2 amide bonds. The number of amides is 2. The molecule has 1 aliphatic rings. The van der Waals surface area contributed by atoms with Gasteiger partial charge >= 0.3 is 6.43 Å². The number of methoxy groups -OCH3 is 1. The van der Waals surface area contributed by atoms with Crippen LogP contribution in [-0.2, 0) is 14.3 Å². The summed E-state index contributed by atoms with van der Waals surface area (Å²) in [5.41, 5.74) is 0. The largest absolute Gasteiger partial charge is 0.375 e. The summed E-state index contributed by atoms with van der Waals surface area (Å²) in [4.78, 5) is 23.3. The van der Waals surface area contributed by atoms with E-state index < -0.39 is 12.3 Å². The van der Waals surface area contributed by atoms with E-state index in [0.29, 0.717) is 12.8 Å². The Kier molecular flexibility index (Phi) is 5.27. The molecule has 0 unspecified atom stereocenters. The van der Waals surface area contributed by atoms with Crippen LogP contribution in [0, 0.1) is 0 Å². The van der Waals surface area contributed by atoms with Crippen LogP contribution in [0.5, 0.6) is 0 Å². The Hall–Kier alpha value is -1.24. The van der Waals surface area contributed by atoms with Crippen molar-refractivity contribution in [1.29, 1.82) is 0 Å². The van der Waals surface area contributed by atoms with Crippen molar-refractivity contribution in [1.82, 2.24) is 10.2 Å². The maximum Gasteiger partial charge on any atom is 0.315 e. The van der Waals surface area contributed by atoms with Crippen LogP contribution in [-0.4, -0.2) is 56.0 Å². The van der Waals surface area contributed by atoms with Gasteiger partial charge in [0.05, 0.1) is 0 Å². The van der Waals surface area contributed by atoms with Gasteiger partial charge in [-0.15, -0.1) is 0 Å². The lowest BCUT2D eigenvalue weighted by Crippen LogP contribution is -2.48. The molecule has 0 spiro atoms. The highest BCUT2D eigenvalue weighted by Crippen LogP contribution is 2.12. The van der Waals surface area contributed by atoms with Gasteiger partial charge in [0.1, 0.15) is 6.61 Å². The quantitative estimate of drug-likeness (QED) is 0.764. The Morgan fingerprint density at radius 3 is 2.47 bits per heavy atom. The molecule has 7 heteroatoms. The molecule has 0 aliphatic carbocycles. The zero-order chi connectivity index (χ0) is 12.8. The summed E-state index contributed by atoms with van der Waals surface area (Å²) in [6, 6.07) is -0.0700. The number of ether oxygens (including phenoxy) is 1. The molecule has 1 aliphatic heterocycles. The van der Waals surface area contributed by atoms with Crippen molar-refractivity contribution in [3.63, 3.8) is 0 Å². The second-order valence-electron chi connectivity index (χ2n) is 3.90. The van der Waals surface area contributed by atoms with E-state index in [9.17, 15) is 18.4 Å². The number of nitrogens with one attached hydrogen (secondary N) is 1. The number of hydrogen-bond donors (Lipinski definition) is 1. The molecule has 1 N–H and O–H groups in total. The molecule has 0 atom stereocenters. The molecule has 1 rings (SSSR count). The number of piperidine rings is 1. The van der Waals surface area contributed by atoms with Gasteiger partial charge in [-0.05, 0) is 12.8 Å². The van der Waals surface area contributed by atoms with E-state index in [1.54, 1.807) is 0 Å². The maximum absolute atomic E-state index is 12.1. The van der Waals surface area contributed by atoms with E-state index in [4.69, 9.17) is 0 Å². The Morgan fingerprint density at radius 1 is 1.41 bits per heavy atom. The van der Waals surface area contributed by atoms with E-state index in [1.807, 2.05) is 0 Å². The Bertz CT molecular complexity index is 279. The molecule has 0 aromatic carbocycles. The molecular weight excluding hydrogens is 234 g/mol. The highest BCUT2D eigenvalue weighted by molar-refractivity contribution is 5.79. The average Bonchev–Trinajstić information content (AvgIpc) is 2.29.